The van der Waals surface area contributed by atoms with Gasteiger partial charge >= 0.3 is 0 Å². The van der Waals surface area contributed by atoms with Gasteiger partial charge in [0.1, 0.15) is 0 Å². The van der Waals surface area contributed by atoms with E-state index < -0.39 is 6.10 Å². The molecule has 2 N–H and O–H groups in total. The lowest BCUT2D eigenvalue weighted by Gasteiger charge is -2.29. The Bertz CT molecular complexity index is 217. The Morgan fingerprint density at radius 1 is 0.955 bits per heavy atom. The van der Waals surface area contributed by atoms with E-state index in [1.165, 1.54) is 57.8 Å². The summed E-state index contributed by atoms with van der Waals surface area (Å²) in [5.74, 6) is 0. The van der Waals surface area contributed by atoms with Gasteiger partial charge in [0.15, 0.2) is 0 Å². The van der Waals surface area contributed by atoms with Crippen molar-refractivity contribution >= 4 is 0 Å². The third-order valence-corrected chi connectivity index (χ3v) is 3.72. The summed E-state index contributed by atoms with van der Waals surface area (Å²) in [6.07, 6.45) is 12.1. The SMILES string of the molecule is CCCCCCCCCCCCOCC(O)CN([O-])CCO. The first kappa shape index (κ1) is 21.8. The standard InChI is InChI=1S/C17H36NO4/c1-2-3-4-5-6-7-8-9-10-11-14-22-16-17(20)15-18(21)12-13-19/h17,19-20H,2-16H2,1H3/q-1. The number of nitrogens with zero attached hydrogens (tertiary/aromatic N) is 1. The lowest BCUT2D eigenvalue weighted by molar-refractivity contribution is 0.0207. The molecule has 0 fully saturated rings. The van der Waals surface area contributed by atoms with Gasteiger partial charge in [-0.2, -0.15) is 0 Å². The summed E-state index contributed by atoms with van der Waals surface area (Å²) in [5, 5.41) is 29.9. The van der Waals surface area contributed by atoms with Crippen LogP contribution in [0, 0.1) is 5.21 Å². The molecule has 0 aliphatic rings. The number of rotatable bonds is 17. The fraction of sp³-hybridized carbons (Fsp3) is 1.00. The van der Waals surface area contributed by atoms with Crippen molar-refractivity contribution in [2.45, 2.75) is 77.2 Å². The highest BCUT2D eigenvalue weighted by atomic mass is 16.5. The van der Waals surface area contributed by atoms with Crippen molar-refractivity contribution in [3.05, 3.63) is 5.21 Å². The quantitative estimate of drug-likeness (QED) is 0.318. The summed E-state index contributed by atoms with van der Waals surface area (Å²) < 4.78 is 5.37. The zero-order valence-corrected chi connectivity index (χ0v) is 14.3. The second kappa shape index (κ2) is 17.2. The molecular weight excluding hydrogens is 282 g/mol. The summed E-state index contributed by atoms with van der Waals surface area (Å²) in [4.78, 5) is 0. The molecule has 0 aromatic carbocycles. The molecule has 134 valence electrons. The van der Waals surface area contributed by atoms with Gasteiger partial charge in [-0.25, -0.2) is 0 Å². The topological polar surface area (TPSA) is 76.0 Å². The second-order valence-corrected chi connectivity index (χ2v) is 6.02. The van der Waals surface area contributed by atoms with E-state index in [1.54, 1.807) is 0 Å². The highest BCUT2D eigenvalue weighted by molar-refractivity contribution is 4.63. The van der Waals surface area contributed by atoms with Crippen molar-refractivity contribution in [3.63, 3.8) is 0 Å². The molecule has 0 saturated carbocycles. The van der Waals surface area contributed by atoms with E-state index in [2.05, 4.69) is 6.92 Å². The predicted octanol–water partition coefficient (Wildman–Crippen LogP) is 3.08. The maximum absolute atomic E-state index is 11.1. The van der Waals surface area contributed by atoms with Crippen LogP contribution in [0.15, 0.2) is 0 Å². The molecule has 0 aromatic heterocycles. The molecule has 0 spiro atoms. The summed E-state index contributed by atoms with van der Waals surface area (Å²) in [7, 11) is 0. The van der Waals surface area contributed by atoms with Gasteiger partial charge in [0, 0.05) is 19.7 Å². The molecule has 0 amide bonds. The third-order valence-electron chi connectivity index (χ3n) is 3.72. The molecule has 1 atom stereocenters. The van der Waals surface area contributed by atoms with Gasteiger partial charge in [0.05, 0.1) is 19.3 Å². The van der Waals surface area contributed by atoms with E-state index >= 15 is 0 Å². The van der Waals surface area contributed by atoms with Crippen LogP contribution in [0.5, 0.6) is 0 Å². The Balaban J connectivity index is 3.16. The summed E-state index contributed by atoms with van der Waals surface area (Å²) >= 11 is 0. The Labute approximate surface area is 136 Å². The van der Waals surface area contributed by atoms with Crippen molar-refractivity contribution in [2.75, 3.05) is 32.9 Å². The van der Waals surface area contributed by atoms with E-state index in [9.17, 15) is 10.3 Å². The first-order chi connectivity index (χ1) is 10.7. The van der Waals surface area contributed by atoms with Gasteiger partial charge < -0.3 is 25.2 Å². The van der Waals surface area contributed by atoms with Gasteiger partial charge in [0.25, 0.3) is 0 Å². The van der Waals surface area contributed by atoms with E-state index in [0.717, 1.165) is 6.42 Å². The van der Waals surface area contributed by atoms with Crippen LogP contribution in [0.3, 0.4) is 0 Å². The third kappa shape index (κ3) is 16.2. The number of hydroxylamine groups is 2. The Morgan fingerprint density at radius 3 is 2.05 bits per heavy atom. The summed E-state index contributed by atoms with van der Waals surface area (Å²) in [6.45, 7) is 2.94. The van der Waals surface area contributed by atoms with Crippen molar-refractivity contribution in [2.24, 2.45) is 0 Å². The monoisotopic (exact) mass is 318 g/mol. The maximum Gasteiger partial charge on any atom is 0.0890 e. The van der Waals surface area contributed by atoms with Crippen molar-refractivity contribution in [1.29, 1.82) is 0 Å². The average molecular weight is 318 g/mol. The highest BCUT2D eigenvalue weighted by Crippen LogP contribution is 2.10. The molecule has 0 saturated heterocycles. The molecule has 0 aliphatic heterocycles. The summed E-state index contributed by atoms with van der Waals surface area (Å²) in [5.41, 5.74) is 0. The molecule has 0 radical (unpaired) electrons. The van der Waals surface area contributed by atoms with Crippen LogP contribution in [-0.2, 0) is 4.74 Å². The van der Waals surface area contributed by atoms with Crippen LogP contribution in [-0.4, -0.2) is 54.3 Å². The fourth-order valence-corrected chi connectivity index (χ4v) is 2.40. The van der Waals surface area contributed by atoms with Gasteiger partial charge in [-0.1, -0.05) is 64.7 Å². The molecular formula is C17H36NO4-. The van der Waals surface area contributed by atoms with Crippen LogP contribution in [0.2, 0.25) is 0 Å². The van der Waals surface area contributed by atoms with Gasteiger partial charge in [-0.05, 0) is 6.42 Å². The van der Waals surface area contributed by atoms with Crippen LogP contribution < -0.4 is 0 Å². The van der Waals surface area contributed by atoms with E-state index in [-0.39, 0.29) is 26.3 Å². The number of hydrogen-bond acceptors (Lipinski definition) is 5. The molecule has 5 heteroatoms. The molecule has 0 bridgehead atoms. The molecule has 0 rings (SSSR count). The normalized spacial score (nSPS) is 13.0. The minimum absolute atomic E-state index is 0.00140. The molecule has 0 aromatic rings. The zero-order valence-electron chi connectivity index (χ0n) is 14.3. The number of ether oxygens (including phenoxy) is 1. The highest BCUT2D eigenvalue weighted by Gasteiger charge is 2.04. The zero-order chi connectivity index (χ0) is 16.5. The smallest absolute Gasteiger partial charge is 0.0890 e. The minimum Gasteiger partial charge on any atom is -0.785 e. The molecule has 22 heavy (non-hydrogen) atoms. The Hall–Kier alpha value is -0.200. The van der Waals surface area contributed by atoms with Crippen molar-refractivity contribution in [3.8, 4) is 0 Å². The Kier molecular flexibility index (Phi) is 17.0. The first-order valence-corrected chi connectivity index (χ1v) is 8.99. The Morgan fingerprint density at radius 2 is 1.50 bits per heavy atom. The van der Waals surface area contributed by atoms with Crippen LogP contribution >= 0.6 is 0 Å². The number of hydrogen-bond donors (Lipinski definition) is 2. The number of unbranched alkanes of at least 4 members (excludes halogenated alkanes) is 9. The van der Waals surface area contributed by atoms with Crippen LogP contribution in [0.25, 0.3) is 0 Å². The minimum atomic E-state index is -0.771. The van der Waals surface area contributed by atoms with Gasteiger partial charge in [-0.15, -0.1) is 0 Å². The maximum atomic E-state index is 11.1. The predicted molar refractivity (Wildman–Crippen MR) is 90.7 cm³/mol. The average Bonchev–Trinajstić information content (AvgIpc) is 2.48. The lowest BCUT2D eigenvalue weighted by atomic mass is 10.1. The van der Waals surface area contributed by atoms with Crippen molar-refractivity contribution in [1.82, 2.24) is 5.06 Å². The van der Waals surface area contributed by atoms with E-state index in [1.807, 2.05) is 0 Å². The molecule has 0 heterocycles. The summed E-state index contributed by atoms with van der Waals surface area (Å²) in [6, 6.07) is 0. The van der Waals surface area contributed by atoms with Crippen LogP contribution in [0.1, 0.15) is 71.1 Å². The van der Waals surface area contributed by atoms with Gasteiger partial charge in [-0.3, -0.25) is 0 Å². The van der Waals surface area contributed by atoms with Crippen LogP contribution in [0.4, 0.5) is 0 Å². The van der Waals surface area contributed by atoms with Crippen molar-refractivity contribution < 1.29 is 14.9 Å². The first-order valence-electron chi connectivity index (χ1n) is 8.99. The molecule has 5 nitrogen and oxygen atoms in total. The molecule has 1 unspecified atom stereocenters. The largest absolute Gasteiger partial charge is 0.785 e. The number of aliphatic hydroxyl groups is 2. The van der Waals surface area contributed by atoms with E-state index in [4.69, 9.17) is 9.84 Å². The number of aliphatic hydroxyl groups excluding tert-OH is 2. The fourth-order valence-electron chi connectivity index (χ4n) is 2.40. The molecule has 0 aliphatic carbocycles. The second-order valence-electron chi connectivity index (χ2n) is 6.02. The van der Waals surface area contributed by atoms with E-state index in [0.29, 0.717) is 11.7 Å². The lowest BCUT2D eigenvalue weighted by Crippen LogP contribution is -2.32. The van der Waals surface area contributed by atoms with Gasteiger partial charge in [0.2, 0.25) is 0 Å².